The summed E-state index contributed by atoms with van der Waals surface area (Å²) in [6.07, 6.45) is 1.95. The summed E-state index contributed by atoms with van der Waals surface area (Å²) in [7, 11) is 0. The molecule has 0 unspecified atom stereocenters. The van der Waals surface area contributed by atoms with Crippen LogP contribution in [0.4, 0.5) is 0 Å². The lowest BCUT2D eigenvalue weighted by Crippen LogP contribution is -2.36. The molecule has 1 saturated heterocycles. The molecule has 0 spiro atoms. The first-order valence-corrected chi connectivity index (χ1v) is 11.7. The number of hydrogen-bond donors (Lipinski definition) is 1. The minimum Gasteiger partial charge on any atom is -0.372 e. The molecule has 1 aliphatic heterocycles. The second-order valence-corrected chi connectivity index (χ2v) is 9.01. The van der Waals surface area contributed by atoms with Gasteiger partial charge >= 0.3 is 0 Å². The highest BCUT2D eigenvalue weighted by Gasteiger charge is 2.34. The van der Waals surface area contributed by atoms with Gasteiger partial charge in [0.05, 0.1) is 19.3 Å². The molecule has 0 amide bonds. The lowest BCUT2D eigenvalue weighted by molar-refractivity contribution is 0.0464. The number of hydrogen-bond acceptors (Lipinski definition) is 3. The van der Waals surface area contributed by atoms with Crippen molar-refractivity contribution in [3.63, 3.8) is 0 Å². The maximum Gasteiger partial charge on any atom is 0.176 e. The second-order valence-electron chi connectivity index (χ2n) is 9.01. The van der Waals surface area contributed by atoms with Crippen molar-refractivity contribution in [1.29, 1.82) is 0 Å². The van der Waals surface area contributed by atoms with Gasteiger partial charge in [0.15, 0.2) is 5.78 Å². The van der Waals surface area contributed by atoms with Gasteiger partial charge in [-0.15, -0.1) is 0 Å². The predicted molar refractivity (Wildman–Crippen MR) is 133 cm³/mol. The molecular weight excluding hydrogens is 408 g/mol. The number of benzene rings is 3. The predicted octanol–water partition coefficient (Wildman–Crippen LogP) is 5.56. The number of aromatic nitrogens is 1. The van der Waals surface area contributed by atoms with Gasteiger partial charge in [0.2, 0.25) is 0 Å². The van der Waals surface area contributed by atoms with Gasteiger partial charge in [-0.25, -0.2) is 0 Å². The van der Waals surface area contributed by atoms with E-state index in [9.17, 15) is 4.79 Å². The van der Waals surface area contributed by atoms with Crippen LogP contribution in [-0.2, 0) is 17.8 Å². The van der Waals surface area contributed by atoms with E-state index in [4.69, 9.17) is 4.74 Å². The van der Waals surface area contributed by atoms with Crippen LogP contribution >= 0.6 is 0 Å². The molecule has 0 aliphatic carbocycles. The quantitative estimate of drug-likeness (QED) is 0.366. The van der Waals surface area contributed by atoms with E-state index in [1.807, 2.05) is 48.5 Å². The number of aromatic amines is 1. The Morgan fingerprint density at radius 1 is 0.970 bits per heavy atom. The number of ether oxygens (including phenoxy) is 1. The third kappa shape index (κ3) is 4.92. The second kappa shape index (κ2) is 9.74. The molecule has 4 nitrogen and oxygen atoms in total. The molecule has 0 saturated carbocycles. The number of nitrogens with zero attached hydrogens (tertiary/aromatic N) is 1. The zero-order chi connectivity index (χ0) is 22.6. The van der Waals surface area contributed by atoms with Crippen molar-refractivity contribution in [1.82, 2.24) is 9.88 Å². The Bertz CT molecular complexity index is 1220. The van der Waals surface area contributed by atoms with Gasteiger partial charge < -0.3 is 9.72 Å². The van der Waals surface area contributed by atoms with Gasteiger partial charge in [-0.1, -0.05) is 78.9 Å². The topological polar surface area (TPSA) is 45.3 Å². The van der Waals surface area contributed by atoms with Crippen LogP contribution in [0.3, 0.4) is 0 Å². The van der Waals surface area contributed by atoms with Crippen molar-refractivity contribution >= 4 is 16.7 Å². The molecule has 1 N–H and O–H groups in total. The van der Waals surface area contributed by atoms with Crippen LogP contribution in [-0.4, -0.2) is 40.9 Å². The summed E-state index contributed by atoms with van der Waals surface area (Å²) >= 11 is 0. The van der Waals surface area contributed by atoms with Gasteiger partial charge in [0, 0.05) is 34.7 Å². The molecule has 2 heterocycles. The zero-order valence-electron chi connectivity index (χ0n) is 19.0. The number of ketones is 1. The lowest BCUT2D eigenvalue weighted by Gasteiger charge is -2.23. The molecule has 3 aromatic carbocycles. The number of Topliss-reactive ketones (excluding diaryl/α,β-unsaturated/α-hetero) is 1. The molecule has 0 bridgehead atoms. The Hall–Kier alpha value is -3.21. The average molecular weight is 439 g/mol. The summed E-state index contributed by atoms with van der Waals surface area (Å²) in [6, 6.07) is 28.6. The first-order chi connectivity index (χ1) is 16.2. The third-order valence-corrected chi connectivity index (χ3v) is 6.73. The minimum absolute atomic E-state index is 0.115. The van der Waals surface area contributed by atoms with Crippen LogP contribution < -0.4 is 0 Å². The number of nitrogens with one attached hydrogen (secondary N) is 1. The van der Waals surface area contributed by atoms with Crippen molar-refractivity contribution in [3.8, 4) is 0 Å². The largest absolute Gasteiger partial charge is 0.372 e. The smallest absolute Gasteiger partial charge is 0.176 e. The van der Waals surface area contributed by atoms with Crippen LogP contribution in [0.15, 0.2) is 84.9 Å². The van der Waals surface area contributed by atoms with Gasteiger partial charge in [-0.3, -0.25) is 9.69 Å². The molecule has 4 heteroatoms. The van der Waals surface area contributed by atoms with E-state index in [1.165, 1.54) is 27.7 Å². The van der Waals surface area contributed by atoms with Crippen LogP contribution in [0, 0.1) is 6.92 Å². The van der Waals surface area contributed by atoms with Gasteiger partial charge in [-0.2, -0.15) is 0 Å². The number of likely N-dealkylation sites (tertiary alicyclic amines) is 1. The summed E-state index contributed by atoms with van der Waals surface area (Å²) in [6.45, 7) is 3.94. The molecule has 168 valence electrons. The highest BCUT2D eigenvalue weighted by atomic mass is 16.5. The van der Waals surface area contributed by atoms with Crippen molar-refractivity contribution in [2.24, 2.45) is 0 Å². The van der Waals surface area contributed by atoms with Crippen LogP contribution in [0.5, 0.6) is 0 Å². The fourth-order valence-electron chi connectivity index (χ4n) is 4.99. The van der Waals surface area contributed by atoms with E-state index in [0.29, 0.717) is 13.2 Å². The normalized spacial score (nSPS) is 18.7. The Labute approximate surface area is 195 Å². The van der Waals surface area contributed by atoms with Gasteiger partial charge in [0.25, 0.3) is 0 Å². The zero-order valence-corrected chi connectivity index (χ0v) is 19.0. The molecule has 0 radical (unpaired) electrons. The Morgan fingerprint density at radius 2 is 1.67 bits per heavy atom. The number of carbonyl (C=O) groups is 1. The standard InChI is InChI=1S/C29H30N2O2/c1-21-27(26-14-8-9-15-28(26)30-21)17-24-16-25(33-20-22-10-4-2-5-11-22)18-31(24)19-29(32)23-12-6-3-7-13-23/h2-15,24-25,30H,16-20H2,1H3/t24-,25+/m1/s1. The number of carbonyl (C=O) groups excluding carboxylic acids is 1. The average Bonchev–Trinajstić information content (AvgIpc) is 3.39. The molecule has 1 aliphatic rings. The highest BCUT2D eigenvalue weighted by Crippen LogP contribution is 2.29. The summed E-state index contributed by atoms with van der Waals surface area (Å²) in [5, 5.41) is 1.28. The number of rotatable bonds is 8. The number of aryl methyl sites for hydroxylation is 1. The van der Waals surface area contributed by atoms with Crippen molar-refractivity contribution < 1.29 is 9.53 Å². The Kier molecular flexibility index (Phi) is 6.38. The van der Waals surface area contributed by atoms with E-state index in [-0.39, 0.29) is 17.9 Å². The maximum absolute atomic E-state index is 13.0. The van der Waals surface area contributed by atoms with E-state index in [2.05, 4.69) is 53.2 Å². The van der Waals surface area contributed by atoms with Crippen molar-refractivity contribution in [2.75, 3.05) is 13.1 Å². The van der Waals surface area contributed by atoms with Crippen LogP contribution in [0.1, 0.15) is 33.6 Å². The molecule has 4 aromatic rings. The highest BCUT2D eigenvalue weighted by molar-refractivity contribution is 5.97. The summed E-state index contributed by atoms with van der Waals surface area (Å²) in [4.78, 5) is 18.9. The SMILES string of the molecule is Cc1[nH]c2ccccc2c1C[C@H]1C[C@H](OCc2ccccc2)CN1CC(=O)c1ccccc1. The van der Waals surface area contributed by atoms with Crippen molar-refractivity contribution in [2.45, 2.75) is 38.5 Å². The van der Waals surface area contributed by atoms with E-state index in [0.717, 1.165) is 24.9 Å². The van der Waals surface area contributed by atoms with E-state index in [1.54, 1.807) is 0 Å². The van der Waals surface area contributed by atoms with E-state index < -0.39 is 0 Å². The Morgan fingerprint density at radius 3 is 2.45 bits per heavy atom. The maximum atomic E-state index is 13.0. The van der Waals surface area contributed by atoms with Crippen LogP contribution in [0.25, 0.3) is 10.9 Å². The van der Waals surface area contributed by atoms with Gasteiger partial charge in [-0.05, 0) is 37.0 Å². The first-order valence-electron chi connectivity index (χ1n) is 11.7. The number of H-pyrrole nitrogens is 1. The monoisotopic (exact) mass is 438 g/mol. The molecular formula is C29H30N2O2. The molecule has 1 fully saturated rings. The fourth-order valence-corrected chi connectivity index (χ4v) is 4.99. The van der Waals surface area contributed by atoms with E-state index >= 15 is 0 Å². The van der Waals surface area contributed by atoms with Crippen LogP contribution in [0.2, 0.25) is 0 Å². The number of fused-ring (bicyclic) bond motifs is 1. The lowest BCUT2D eigenvalue weighted by atomic mass is 10.00. The molecule has 33 heavy (non-hydrogen) atoms. The van der Waals surface area contributed by atoms with Crippen molar-refractivity contribution in [3.05, 3.63) is 107 Å². The fraction of sp³-hybridized carbons (Fsp3) is 0.276. The third-order valence-electron chi connectivity index (χ3n) is 6.73. The summed E-state index contributed by atoms with van der Waals surface area (Å²) in [5.74, 6) is 0.167. The Balaban J connectivity index is 1.34. The summed E-state index contributed by atoms with van der Waals surface area (Å²) in [5.41, 5.74) is 5.68. The first kappa shape index (κ1) is 21.6. The molecule has 2 atom stereocenters. The summed E-state index contributed by atoms with van der Waals surface area (Å²) < 4.78 is 6.31. The number of para-hydroxylation sites is 1. The molecule has 5 rings (SSSR count). The molecule has 1 aromatic heterocycles. The minimum atomic E-state index is 0.115. The van der Waals surface area contributed by atoms with Gasteiger partial charge in [0.1, 0.15) is 0 Å².